The summed E-state index contributed by atoms with van der Waals surface area (Å²) in [6.07, 6.45) is 2.02. The molecule has 0 radical (unpaired) electrons. The Labute approximate surface area is 140 Å². The molecule has 3 heterocycles. The van der Waals surface area contributed by atoms with E-state index in [1.165, 1.54) is 10.5 Å². The van der Waals surface area contributed by atoms with Gasteiger partial charge in [-0.2, -0.15) is 0 Å². The number of hydrogen-bond donors (Lipinski definition) is 0. The molecular formula is C18H20N2O2S. The van der Waals surface area contributed by atoms with Gasteiger partial charge in [0.2, 0.25) is 5.91 Å². The lowest BCUT2D eigenvalue weighted by atomic mass is 9.98. The van der Waals surface area contributed by atoms with Crippen LogP contribution < -0.4 is 0 Å². The molecule has 0 saturated carbocycles. The van der Waals surface area contributed by atoms with Gasteiger partial charge in [-0.1, -0.05) is 18.2 Å². The zero-order valence-corrected chi connectivity index (χ0v) is 14.0. The van der Waals surface area contributed by atoms with Crippen LogP contribution in [0.5, 0.6) is 0 Å². The van der Waals surface area contributed by atoms with Crippen LogP contribution in [0.1, 0.15) is 23.2 Å². The van der Waals surface area contributed by atoms with Crippen molar-refractivity contribution in [3.63, 3.8) is 0 Å². The quantitative estimate of drug-likeness (QED) is 0.850. The molecule has 120 valence electrons. The van der Waals surface area contributed by atoms with E-state index in [9.17, 15) is 4.79 Å². The fourth-order valence-electron chi connectivity index (χ4n) is 3.50. The fraction of sp³-hybridized carbons (Fsp3) is 0.389. The van der Waals surface area contributed by atoms with Gasteiger partial charge in [0.1, 0.15) is 0 Å². The number of carbonyl (C=O) groups is 1. The van der Waals surface area contributed by atoms with Crippen molar-refractivity contribution in [1.82, 2.24) is 9.47 Å². The number of benzene rings is 1. The van der Waals surface area contributed by atoms with Gasteiger partial charge >= 0.3 is 0 Å². The molecule has 4 rings (SSSR count). The summed E-state index contributed by atoms with van der Waals surface area (Å²) in [6.45, 7) is 1.86. The number of hydrogen-bond acceptors (Lipinski definition) is 3. The maximum Gasteiger partial charge on any atom is 0.231 e. The second-order valence-electron chi connectivity index (χ2n) is 6.07. The number of aromatic nitrogens is 1. The van der Waals surface area contributed by atoms with E-state index < -0.39 is 0 Å². The molecule has 4 nitrogen and oxygen atoms in total. The van der Waals surface area contributed by atoms with E-state index in [4.69, 9.17) is 4.74 Å². The summed E-state index contributed by atoms with van der Waals surface area (Å²) >= 11 is 1.79. The Kier molecular flexibility index (Phi) is 3.91. The summed E-state index contributed by atoms with van der Waals surface area (Å²) in [5.74, 6) is 1.05. The number of morpholine rings is 1. The summed E-state index contributed by atoms with van der Waals surface area (Å²) in [4.78, 5) is 16.5. The summed E-state index contributed by atoms with van der Waals surface area (Å²) in [6, 6.07) is 12.4. The molecule has 23 heavy (non-hydrogen) atoms. The van der Waals surface area contributed by atoms with Crippen LogP contribution in [0.15, 0.2) is 47.5 Å². The Morgan fingerprint density at radius 3 is 2.96 bits per heavy atom. The molecule has 0 bridgehead atoms. The van der Waals surface area contributed by atoms with E-state index >= 15 is 0 Å². The number of thioether (sulfide) groups is 1. The van der Waals surface area contributed by atoms with Gasteiger partial charge < -0.3 is 14.2 Å². The third-order valence-electron chi connectivity index (χ3n) is 4.73. The predicted molar refractivity (Wildman–Crippen MR) is 90.6 cm³/mol. The average molecular weight is 328 g/mol. The Morgan fingerprint density at radius 1 is 1.26 bits per heavy atom. The van der Waals surface area contributed by atoms with Crippen LogP contribution in [-0.2, 0) is 16.6 Å². The number of amides is 1. The van der Waals surface area contributed by atoms with Crippen LogP contribution in [-0.4, -0.2) is 40.9 Å². The Balaban J connectivity index is 1.63. The van der Waals surface area contributed by atoms with Gasteiger partial charge in [-0.05, 0) is 23.8 Å². The lowest BCUT2D eigenvalue weighted by Gasteiger charge is -2.37. The first kappa shape index (κ1) is 14.8. The highest BCUT2D eigenvalue weighted by atomic mass is 32.2. The molecule has 1 amide bonds. The van der Waals surface area contributed by atoms with E-state index in [-0.39, 0.29) is 17.9 Å². The maximum absolute atomic E-state index is 13.2. The van der Waals surface area contributed by atoms with Gasteiger partial charge in [-0.25, -0.2) is 0 Å². The lowest BCUT2D eigenvalue weighted by molar-refractivity contribution is -0.141. The van der Waals surface area contributed by atoms with E-state index in [1.807, 2.05) is 36.3 Å². The molecular weight excluding hydrogens is 308 g/mol. The van der Waals surface area contributed by atoms with Crippen molar-refractivity contribution >= 4 is 17.7 Å². The van der Waals surface area contributed by atoms with Gasteiger partial charge in [0.05, 0.1) is 25.2 Å². The van der Waals surface area contributed by atoms with Crippen LogP contribution in [0, 0.1) is 0 Å². The Bertz CT molecular complexity index is 727. The van der Waals surface area contributed by atoms with Crippen molar-refractivity contribution < 1.29 is 9.53 Å². The summed E-state index contributed by atoms with van der Waals surface area (Å²) in [5, 5.41) is 0. The van der Waals surface area contributed by atoms with Crippen molar-refractivity contribution in [3.8, 4) is 0 Å². The second-order valence-corrected chi connectivity index (χ2v) is 7.13. The molecule has 0 aliphatic carbocycles. The number of nitrogens with zero attached hydrogens (tertiary/aromatic N) is 2. The molecule has 1 aromatic carbocycles. The van der Waals surface area contributed by atoms with Crippen LogP contribution in [0.25, 0.3) is 0 Å². The number of carbonyl (C=O) groups excluding carboxylic acids is 1. The highest BCUT2D eigenvalue weighted by molar-refractivity contribution is 7.99. The molecule has 2 atom stereocenters. The summed E-state index contributed by atoms with van der Waals surface area (Å²) in [5.41, 5.74) is 2.32. The van der Waals surface area contributed by atoms with Gasteiger partial charge in [0.15, 0.2) is 0 Å². The molecule has 0 N–H and O–H groups in total. The molecule has 0 unspecified atom stereocenters. The van der Waals surface area contributed by atoms with Crippen molar-refractivity contribution in [2.45, 2.75) is 16.9 Å². The SMILES string of the molecule is Cn1cccc1[C@H]1COCCN1C(=O)[C@H]1CSc2ccccc21. The minimum atomic E-state index is -0.0305. The molecule has 2 aliphatic heterocycles. The highest BCUT2D eigenvalue weighted by Gasteiger charge is 2.37. The van der Waals surface area contributed by atoms with E-state index in [2.05, 4.69) is 22.8 Å². The average Bonchev–Trinajstić information content (AvgIpc) is 3.20. The first-order valence-corrected chi connectivity index (χ1v) is 8.95. The highest BCUT2D eigenvalue weighted by Crippen LogP contribution is 2.41. The minimum absolute atomic E-state index is 0.00834. The fourth-order valence-corrected chi connectivity index (χ4v) is 4.72. The Hall–Kier alpha value is -1.72. The minimum Gasteiger partial charge on any atom is -0.377 e. The van der Waals surface area contributed by atoms with E-state index in [0.717, 1.165) is 11.4 Å². The van der Waals surface area contributed by atoms with Crippen molar-refractivity contribution in [2.24, 2.45) is 7.05 Å². The first-order valence-electron chi connectivity index (χ1n) is 7.97. The molecule has 0 spiro atoms. The normalized spacial score (nSPS) is 23.8. The van der Waals surface area contributed by atoms with Crippen LogP contribution in [0.2, 0.25) is 0 Å². The van der Waals surface area contributed by atoms with Crippen LogP contribution >= 0.6 is 11.8 Å². The largest absolute Gasteiger partial charge is 0.377 e. The van der Waals surface area contributed by atoms with Gasteiger partial charge in [-0.15, -0.1) is 11.8 Å². The monoisotopic (exact) mass is 328 g/mol. The first-order chi connectivity index (χ1) is 11.3. The van der Waals surface area contributed by atoms with Crippen molar-refractivity contribution in [2.75, 3.05) is 25.5 Å². The zero-order chi connectivity index (χ0) is 15.8. The van der Waals surface area contributed by atoms with Gasteiger partial charge in [-0.3, -0.25) is 4.79 Å². The van der Waals surface area contributed by atoms with Gasteiger partial charge in [0.25, 0.3) is 0 Å². The standard InChI is InChI=1S/C18H20N2O2S/c1-19-8-4-6-15(19)16-11-22-10-9-20(16)18(21)14-12-23-17-7-3-2-5-13(14)17/h2-8,14,16H,9-12H2,1H3/t14-,16+/m0/s1. The lowest BCUT2D eigenvalue weighted by Crippen LogP contribution is -2.46. The van der Waals surface area contributed by atoms with Crippen LogP contribution in [0.3, 0.4) is 0 Å². The number of aryl methyl sites for hydroxylation is 1. The smallest absolute Gasteiger partial charge is 0.231 e. The third-order valence-corrected chi connectivity index (χ3v) is 5.92. The molecule has 1 saturated heterocycles. The van der Waals surface area contributed by atoms with Gasteiger partial charge in [0, 0.05) is 36.1 Å². The summed E-state index contributed by atoms with van der Waals surface area (Å²) < 4.78 is 7.74. The molecule has 5 heteroatoms. The molecule has 2 aliphatic rings. The number of rotatable bonds is 2. The zero-order valence-electron chi connectivity index (χ0n) is 13.1. The van der Waals surface area contributed by atoms with E-state index in [1.54, 1.807) is 11.8 Å². The number of ether oxygens (including phenoxy) is 1. The molecule has 1 fully saturated rings. The van der Waals surface area contributed by atoms with Crippen LogP contribution in [0.4, 0.5) is 0 Å². The molecule has 1 aromatic heterocycles. The van der Waals surface area contributed by atoms with Crippen molar-refractivity contribution in [3.05, 3.63) is 53.9 Å². The predicted octanol–water partition coefficient (Wildman–Crippen LogP) is 2.81. The topological polar surface area (TPSA) is 34.5 Å². The number of fused-ring (bicyclic) bond motifs is 1. The second kappa shape index (κ2) is 6.06. The van der Waals surface area contributed by atoms with E-state index in [0.29, 0.717) is 19.8 Å². The Morgan fingerprint density at radius 2 is 2.13 bits per heavy atom. The maximum atomic E-state index is 13.2. The van der Waals surface area contributed by atoms with Crippen molar-refractivity contribution in [1.29, 1.82) is 0 Å². The molecule has 2 aromatic rings. The summed E-state index contributed by atoms with van der Waals surface area (Å²) in [7, 11) is 2.02. The third kappa shape index (κ3) is 2.58.